The van der Waals surface area contributed by atoms with Crippen molar-refractivity contribution in [3.8, 4) is 5.75 Å². The lowest BCUT2D eigenvalue weighted by molar-refractivity contribution is 0.0138. The zero-order valence-electron chi connectivity index (χ0n) is 17.0. The predicted octanol–water partition coefficient (Wildman–Crippen LogP) is 2.30. The van der Waals surface area contributed by atoms with Crippen molar-refractivity contribution in [2.75, 3.05) is 26.2 Å². The van der Waals surface area contributed by atoms with E-state index in [4.69, 9.17) is 4.74 Å². The van der Waals surface area contributed by atoms with Crippen molar-refractivity contribution in [2.45, 2.75) is 44.7 Å². The molecule has 30 heavy (non-hydrogen) atoms. The van der Waals surface area contributed by atoms with Gasteiger partial charge in [0.25, 0.3) is 0 Å². The Kier molecular flexibility index (Phi) is 6.99. The van der Waals surface area contributed by atoms with Crippen LogP contribution in [0.4, 0.5) is 12.6 Å². The van der Waals surface area contributed by atoms with Gasteiger partial charge in [-0.1, -0.05) is 3.89 Å². The van der Waals surface area contributed by atoms with E-state index in [1.807, 2.05) is 4.90 Å². The van der Waals surface area contributed by atoms with Crippen molar-refractivity contribution in [1.82, 2.24) is 9.80 Å². The highest BCUT2D eigenvalue weighted by atomic mass is 32.3. The molecule has 1 aliphatic rings. The van der Waals surface area contributed by atoms with Crippen LogP contribution in [0.1, 0.15) is 31.9 Å². The number of carbonyl (C=O) groups excluding carboxylic acids is 1. The van der Waals surface area contributed by atoms with Gasteiger partial charge in [0.15, 0.2) is 0 Å². The Morgan fingerprint density at radius 2 is 1.63 bits per heavy atom. The van der Waals surface area contributed by atoms with Crippen LogP contribution in [0.25, 0.3) is 0 Å². The van der Waals surface area contributed by atoms with Gasteiger partial charge in [0.05, 0.1) is 0 Å². The van der Waals surface area contributed by atoms with Crippen molar-refractivity contribution in [3.63, 3.8) is 0 Å². The third-order valence-corrected chi connectivity index (χ3v) is 5.66. The third kappa shape index (κ3) is 7.06. The fourth-order valence-corrected chi connectivity index (χ4v) is 4.03. The second-order valence-electron chi connectivity index (χ2n) is 7.86. The van der Waals surface area contributed by atoms with E-state index in [-0.39, 0.29) is 17.7 Å². The third-order valence-electron chi connectivity index (χ3n) is 4.32. The Morgan fingerprint density at radius 3 is 2.10 bits per heavy atom. The van der Waals surface area contributed by atoms with E-state index >= 15 is 0 Å². The molecule has 0 radical (unpaired) electrons. The van der Waals surface area contributed by atoms with Gasteiger partial charge in [-0.15, -0.1) is 3.89 Å². The molecular formula is C17H24F2N2O7S2. The summed E-state index contributed by atoms with van der Waals surface area (Å²) in [5.74, 6) is -0.651. The van der Waals surface area contributed by atoms with Crippen molar-refractivity contribution in [1.29, 1.82) is 0 Å². The maximum Gasteiger partial charge on any atom is 0.488 e. The summed E-state index contributed by atoms with van der Waals surface area (Å²) in [6.45, 7) is 8.24. The molecule has 0 aromatic heterocycles. The molecule has 0 bridgehead atoms. The minimum atomic E-state index is -5.42. The molecule has 0 unspecified atom stereocenters. The zero-order chi connectivity index (χ0) is 22.9. The molecule has 0 spiro atoms. The van der Waals surface area contributed by atoms with Crippen molar-refractivity contribution in [2.24, 2.45) is 0 Å². The van der Waals surface area contributed by atoms with E-state index in [0.717, 1.165) is 6.07 Å². The monoisotopic (exact) mass is 470 g/mol. The standard InChI is InChI=1S/C17H24F2N2O7S2/c1-12-13(9-14(28-30(19,25)26)10-15(12)29(18,23)24)11-20-5-7-21(8-6-20)16(22)27-17(2,3)4/h9-10H,5-8,11H2,1-4H3. The SMILES string of the molecule is Cc1c(CN2CCN(C(=O)OC(C)(C)C)CC2)cc(OS(=O)(=O)F)cc1S(=O)(=O)F. The molecule has 1 aliphatic heterocycles. The largest absolute Gasteiger partial charge is 0.488 e. The Bertz CT molecular complexity index is 1010. The Hall–Kier alpha value is -1.99. The molecule has 0 saturated carbocycles. The van der Waals surface area contributed by atoms with Gasteiger partial charge >= 0.3 is 26.8 Å². The highest BCUT2D eigenvalue weighted by molar-refractivity contribution is 7.86. The van der Waals surface area contributed by atoms with Gasteiger partial charge in [-0.3, -0.25) is 4.90 Å². The van der Waals surface area contributed by atoms with E-state index in [1.54, 1.807) is 20.8 Å². The normalized spacial score (nSPS) is 16.4. The minimum absolute atomic E-state index is 0.0516. The number of carbonyl (C=O) groups is 1. The number of halogens is 2. The minimum Gasteiger partial charge on any atom is -0.444 e. The Morgan fingerprint density at radius 1 is 1.07 bits per heavy atom. The van der Waals surface area contributed by atoms with E-state index < -0.39 is 43.1 Å². The van der Waals surface area contributed by atoms with Crippen LogP contribution in [0.5, 0.6) is 5.75 Å². The maximum absolute atomic E-state index is 13.6. The summed E-state index contributed by atoms with van der Waals surface area (Å²) in [5, 5.41) is 0. The van der Waals surface area contributed by atoms with Gasteiger partial charge in [0.2, 0.25) is 0 Å². The summed E-state index contributed by atoms with van der Waals surface area (Å²) in [6.07, 6.45) is -0.451. The first-order chi connectivity index (χ1) is 13.5. The number of hydrogen-bond acceptors (Lipinski definition) is 8. The van der Waals surface area contributed by atoms with Gasteiger partial charge in [0, 0.05) is 38.8 Å². The lowest BCUT2D eigenvalue weighted by Gasteiger charge is -2.35. The van der Waals surface area contributed by atoms with Crippen LogP contribution in [0.3, 0.4) is 0 Å². The molecule has 2 rings (SSSR count). The predicted molar refractivity (Wildman–Crippen MR) is 103 cm³/mol. The van der Waals surface area contributed by atoms with Gasteiger partial charge < -0.3 is 13.8 Å². The fraction of sp³-hybridized carbons (Fsp3) is 0.588. The average Bonchev–Trinajstić information content (AvgIpc) is 2.54. The van der Waals surface area contributed by atoms with Crippen LogP contribution < -0.4 is 4.18 Å². The van der Waals surface area contributed by atoms with Gasteiger partial charge in [0.1, 0.15) is 16.2 Å². The molecule has 0 aliphatic carbocycles. The Labute approximate surface area is 175 Å². The number of hydrogen-bond donors (Lipinski definition) is 0. The molecule has 13 heteroatoms. The van der Waals surface area contributed by atoms with Gasteiger partial charge in [-0.25, -0.2) is 4.79 Å². The highest BCUT2D eigenvalue weighted by Gasteiger charge is 2.27. The van der Waals surface area contributed by atoms with Gasteiger partial charge in [-0.05, 0) is 44.9 Å². The molecule has 1 aromatic carbocycles. The van der Waals surface area contributed by atoms with Gasteiger partial charge in [-0.2, -0.15) is 16.8 Å². The number of benzene rings is 1. The fourth-order valence-electron chi connectivity index (χ4n) is 2.95. The van der Waals surface area contributed by atoms with E-state index in [2.05, 4.69) is 4.18 Å². The molecule has 0 N–H and O–H groups in total. The summed E-state index contributed by atoms with van der Waals surface area (Å²) in [7, 11) is -10.6. The second-order valence-corrected chi connectivity index (χ2v) is 10.1. The molecule has 1 aromatic rings. The first-order valence-corrected chi connectivity index (χ1v) is 11.7. The topological polar surface area (TPSA) is 110 Å². The van der Waals surface area contributed by atoms with Crippen molar-refractivity contribution >= 4 is 26.8 Å². The summed E-state index contributed by atoms with van der Waals surface area (Å²) in [6, 6.07) is 1.76. The van der Waals surface area contributed by atoms with Crippen LogP contribution in [0, 0.1) is 6.92 Å². The van der Waals surface area contributed by atoms with Crippen LogP contribution >= 0.6 is 0 Å². The summed E-state index contributed by atoms with van der Waals surface area (Å²) in [4.78, 5) is 14.7. The quantitative estimate of drug-likeness (QED) is 0.603. The summed E-state index contributed by atoms with van der Waals surface area (Å²) in [5.41, 5.74) is -0.328. The smallest absolute Gasteiger partial charge is 0.444 e. The highest BCUT2D eigenvalue weighted by Crippen LogP contribution is 2.29. The lowest BCUT2D eigenvalue weighted by Crippen LogP contribution is -2.49. The number of amides is 1. The molecule has 1 fully saturated rings. The molecule has 1 saturated heterocycles. The number of piperazine rings is 1. The van der Waals surface area contributed by atoms with E-state index in [9.17, 15) is 29.4 Å². The molecule has 170 valence electrons. The number of ether oxygens (including phenoxy) is 1. The summed E-state index contributed by atoms with van der Waals surface area (Å²) >= 11 is 0. The van der Waals surface area contributed by atoms with Crippen LogP contribution in [0.2, 0.25) is 0 Å². The lowest BCUT2D eigenvalue weighted by atomic mass is 10.1. The zero-order valence-corrected chi connectivity index (χ0v) is 18.6. The number of nitrogens with zero attached hydrogens (tertiary/aromatic N) is 2. The van der Waals surface area contributed by atoms with Crippen LogP contribution in [-0.2, 0) is 32.0 Å². The van der Waals surface area contributed by atoms with E-state index in [1.165, 1.54) is 11.8 Å². The van der Waals surface area contributed by atoms with Crippen molar-refractivity contribution in [3.05, 3.63) is 23.3 Å². The number of rotatable bonds is 5. The maximum atomic E-state index is 13.6. The molecule has 9 nitrogen and oxygen atoms in total. The molecule has 0 atom stereocenters. The van der Waals surface area contributed by atoms with E-state index in [0.29, 0.717) is 32.2 Å². The second kappa shape index (κ2) is 8.63. The first-order valence-electron chi connectivity index (χ1n) is 8.98. The first kappa shape index (κ1) is 24.3. The summed E-state index contributed by atoms with van der Waals surface area (Å²) < 4.78 is 80.3. The average molecular weight is 471 g/mol. The Balaban J connectivity index is 2.18. The van der Waals surface area contributed by atoms with Crippen molar-refractivity contribution < 1.29 is 38.3 Å². The van der Waals surface area contributed by atoms with Crippen LogP contribution in [-0.4, -0.2) is 64.5 Å². The van der Waals surface area contributed by atoms with Crippen LogP contribution in [0.15, 0.2) is 17.0 Å². The molecular weight excluding hydrogens is 446 g/mol. The molecule has 1 amide bonds. The molecule has 1 heterocycles.